The average molecular weight is 717 g/mol. The summed E-state index contributed by atoms with van der Waals surface area (Å²) in [5.74, 6) is 1.79. The third kappa shape index (κ3) is 5.27. The predicted molar refractivity (Wildman–Crippen MR) is 228 cm³/mol. The summed E-state index contributed by atoms with van der Waals surface area (Å²) in [7, 11) is 0. The van der Waals surface area contributed by atoms with Gasteiger partial charge in [0.05, 0.1) is 22.1 Å². The van der Waals surface area contributed by atoms with E-state index in [0.29, 0.717) is 17.5 Å². The Morgan fingerprint density at radius 1 is 0.286 bits per heavy atom. The van der Waals surface area contributed by atoms with Gasteiger partial charge in [0.1, 0.15) is 0 Å². The minimum absolute atomic E-state index is 0.563. The van der Waals surface area contributed by atoms with Crippen molar-refractivity contribution in [1.29, 1.82) is 0 Å². The van der Waals surface area contributed by atoms with Gasteiger partial charge in [0.15, 0.2) is 17.5 Å². The van der Waals surface area contributed by atoms with Crippen LogP contribution in [0.5, 0.6) is 0 Å². The number of pyridine rings is 1. The predicted octanol–water partition coefficient (Wildman–Crippen LogP) is 12.1. The molecule has 11 rings (SSSR count). The van der Waals surface area contributed by atoms with Crippen LogP contribution >= 0.6 is 0 Å². The molecule has 56 heavy (non-hydrogen) atoms. The fourth-order valence-electron chi connectivity index (χ4n) is 8.08. The highest BCUT2D eigenvalue weighted by Gasteiger charge is 2.18. The van der Waals surface area contributed by atoms with Crippen LogP contribution in [0.15, 0.2) is 194 Å². The lowest BCUT2D eigenvalue weighted by Crippen LogP contribution is -2.01. The fraction of sp³-hybridized carbons (Fsp3) is 0. The Bertz CT molecular complexity index is 2960. The molecule has 11 aromatic rings. The molecule has 0 aliphatic carbocycles. The first-order valence-electron chi connectivity index (χ1n) is 18.7. The van der Waals surface area contributed by atoms with E-state index in [1.165, 1.54) is 21.5 Å². The number of hydrogen-bond donors (Lipinski definition) is 0. The molecule has 4 heterocycles. The number of para-hydroxylation sites is 4. The summed E-state index contributed by atoms with van der Waals surface area (Å²) in [5, 5.41) is 4.87. The number of aromatic nitrogens is 6. The molecule has 0 N–H and O–H groups in total. The van der Waals surface area contributed by atoms with Gasteiger partial charge in [0.25, 0.3) is 0 Å². The Morgan fingerprint density at radius 2 is 0.643 bits per heavy atom. The summed E-state index contributed by atoms with van der Waals surface area (Å²) in [6.45, 7) is 0. The molecule has 4 aromatic heterocycles. The molecule has 0 spiro atoms. The molecular formula is C50H32N6. The summed E-state index contributed by atoms with van der Waals surface area (Å²) in [5.41, 5.74) is 11.3. The van der Waals surface area contributed by atoms with Crippen LogP contribution in [0.25, 0.3) is 100 Å². The van der Waals surface area contributed by atoms with Crippen molar-refractivity contribution in [2.24, 2.45) is 0 Å². The van der Waals surface area contributed by atoms with Gasteiger partial charge in [-0.3, -0.25) is 4.98 Å². The molecule has 0 atom stereocenters. The van der Waals surface area contributed by atoms with E-state index in [0.717, 1.165) is 61.3 Å². The second-order valence-electron chi connectivity index (χ2n) is 14.0. The van der Waals surface area contributed by atoms with Gasteiger partial charge in [0.2, 0.25) is 0 Å². The number of hydrogen-bond acceptors (Lipinski definition) is 4. The van der Waals surface area contributed by atoms with E-state index >= 15 is 0 Å². The molecule has 0 aliphatic rings. The van der Waals surface area contributed by atoms with Gasteiger partial charge >= 0.3 is 0 Å². The van der Waals surface area contributed by atoms with Crippen LogP contribution in [0.3, 0.4) is 0 Å². The molecule has 7 aromatic carbocycles. The lowest BCUT2D eigenvalue weighted by Gasteiger charge is -2.16. The van der Waals surface area contributed by atoms with Crippen molar-refractivity contribution in [1.82, 2.24) is 29.1 Å². The Labute approximate surface area is 322 Å². The standard InChI is InChI=1S/C50H32N6/c1-3-15-33(16-4-1)48-52-49(34-17-5-2-6-18-34)54-50(53-48)37-27-36(31-51-32-37)35-28-38(55-44-23-11-7-19-40(44)41-20-8-12-24-45(41)55)30-39(29-35)56-46-25-13-9-21-42(46)43-22-10-14-26-47(43)56/h1-32H. The van der Waals surface area contributed by atoms with Gasteiger partial charge in [-0.25, -0.2) is 15.0 Å². The quantitative estimate of drug-likeness (QED) is 0.172. The Balaban J connectivity index is 1.16. The first-order valence-corrected chi connectivity index (χ1v) is 18.7. The van der Waals surface area contributed by atoms with Crippen molar-refractivity contribution in [2.75, 3.05) is 0 Å². The van der Waals surface area contributed by atoms with Crippen molar-refractivity contribution in [3.8, 4) is 56.7 Å². The second kappa shape index (κ2) is 13.0. The van der Waals surface area contributed by atoms with Crippen molar-refractivity contribution >= 4 is 43.6 Å². The van der Waals surface area contributed by atoms with Crippen LogP contribution < -0.4 is 0 Å². The minimum Gasteiger partial charge on any atom is -0.309 e. The third-order valence-electron chi connectivity index (χ3n) is 10.6. The average Bonchev–Trinajstić information content (AvgIpc) is 3.80. The van der Waals surface area contributed by atoms with Gasteiger partial charge in [-0.05, 0) is 54.1 Å². The Kier molecular flexibility index (Phi) is 7.38. The van der Waals surface area contributed by atoms with Crippen LogP contribution in [0, 0.1) is 0 Å². The van der Waals surface area contributed by atoms with E-state index < -0.39 is 0 Å². The molecular weight excluding hydrogens is 685 g/mol. The maximum absolute atomic E-state index is 5.02. The maximum atomic E-state index is 5.02. The van der Waals surface area contributed by atoms with Gasteiger partial charge in [-0.2, -0.15) is 0 Å². The molecule has 6 heteroatoms. The van der Waals surface area contributed by atoms with E-state index in [1.54, 1.807) is 0 Å². The third-order valence-corrected chi connectivity index (χ3v) is 10.6. The van der Waals surface area contributed by atoms with Crippen LogP contribution in [0.2, 0.25) is 0 Å². The number of nitrogens with zero attached hydrogens (tertiary/aromatic N) is 6. The molecule has 0 amide bonds. The molecule has 6 nitrogen and oxygen atoms in total. The van der Waals surface area contributed by atoms with Crippen LogP contribution in [-0.4, -0.2) is 29.1 Å². The number of rotatable bonds is 6. The number of fused-ring (bicyclic) bond motifs is 6. The minimum atomic E-state index is 0.563. The Morgan fingerprint density at radius 3 is 1.07 bits per heavy atom. The van der Waals surface area contributed by atoms with Crippen molar-refractivity contribution in [3.05, 3.63) is 194 Å². The SMILES string of the molecule is c1ccc(-c2nc(-c3ccccc3)nc(-c3cncc(-c4cc(-n5c6ccccc6c6ccccc65)cc(-n5c6ccccc6c6ccccc65)c4)c3)n2)cc1. The molecule has 0 saturated carbocycles. The highest BCUT2D eigenvalue weighted by Crippen LogP contribution is 2.38. The maximum Gasteiger partial charge on any atom is 0.165 e. The molecule has 0 saturated heterocycles. The second-order valence-corrected chi connectivity index (χ2v) is 14.0. The van der Waals surface area contributed by atoms with Gasteiger partial charge in [-0.1, -0.05) is 133 Å². The highest BCUT2D eigenvalue weighted by molar-refractivity contribution is 6.10. The summed E-state index contributed by atoms with van der Waals surface area (Å²) < 4.78 is 4.76. The summed E-state index contributed by atoms with van der Waals surface area (Å²) in [4.78, 5) is 19.8. The fourth-order valence-corrected chi connectivity index (χ4v) is 8.08. The van der Waals surface area contributed by atoms with Crippen LogP contribution in [0.4, 0.5) is 0 Å². The normalized spacial score (nSPS) is 11.6. The van der Waals surface area contributed by atoms with E-state index in [4.69, 9.17) is 19.9 Å². The summed E-state index contributed by atoms with van der Waals surface area (Å²) in [6.07, 6.45) is 3.77. The summed E-state index contributed by atoms with van der Waals surface area (Å²) >= 11 is 0. The molecule has 262 valence electrons. The van der Waals surface area contributed by atoms with Gasteiger partial charge in [-0.15, -0.1) is 0 Å². The van der Waals surface area contributed by atoms with Crippen LogP contribution in [-0.2, 0) is 0 Å². The molecule has 0 radical (unpaired) electrons. The van der Waals surface area contributed by atoms with Crippen molar-refractivity contribution in [3.63, 3.8) is 0 Å². The first kappa shape index (κ1) is 31.8. The molecule has 0 unspecified atom stereocenters. The topological polar surface area (TPSA) is 61.4 Å². The van der Waals surface area contributed by atoms with Gasteiger partial charge < -0.3 is 9.13 Å². The zero-order chi connectivity index (χ0) is 37.0. The summed E-state index contributed by atoms with van der Waals surface area (Å²) in [6, 6.07) is 63.7. The van der Waals surface area contributed by atoms with E-state index in [1.807, 2.05) is 73.1 Å². The van der Waals surface area contributed by atoms with Gasteiger partial charge in [0, 0.05) is 67.6 Å². The zero-order valence-corrected chi connectivity index (χ0v) is 30.2. The van der Waals surface area contributed by atoms with E-state index in [-0.39, 0.29) is 0 Å². The molecule has 0 aliphatic heterocycles. The monoisotopic (exact) mass is 716 g/mol. The van der Waals surface area contributed by atoms with E-state index in [9.17, 15) is 0 Å². The number of benzene rings is 7. The lowest BCUT2D eigenvalue weighted by atomic mass is 10.0. The first-order chi connectivity index (χ1) is 27.8. The van der Waals surface area contributed by atoms with Crippen molar-refractivity contribution in [2.45, 2.75) is 0 Å². The zero-order valence-electron chi connectivity index (χ0n) is 30.2. The Hall–Kier alpha value is -7.70. The largest absolute Gasteiger partial charge is 0.309 e. The lowest BCUT2D eigenvalue weighted by molar-refractivity contribution is 1.07. The van der Waals surface area contributed by atoms with Crippen LogP contribution in [0.1, 0.15) is 0 Å². The van der Waals surface area contributed by atoms with Crippen molar-refractivity contribution < 1.29 is 0 Å². The highest BCUT2D eigenvalue weighted by atomic mass is 15.0. The van der Waals surface area contributed by atoms with E-state index in [2.05, 4.69) is 130 Å². The molecule has 0 fully saturated rings. The molecule has 0 bridgehead atoms. The smallest absolute Gasteiger partial charge is 0.165 e.